The predicted molar refractivity (Wildman–Crippen MR) is 115 cm³/mol. The summed E-state index contributed by atoms with van der Waals surface area (Å²) in [5, 5.41) is 5.21. The molecule has 3 heterocycles. The molecule has 0 fully saturated rings. The molecule has 0 saturated heterocycles. The summed E-state index contributed by atoms with van der Waals surface area (Å²) in [5.74, 6) is 0.758. The topological polar surface area (TPSA) is 62.4 Å². The van der Waals surface area contributed by atoms with Crippen LogP contribution in [-0.4, -0.2) is 9.97 Å². The Morgan fingerprint density at radius 1 is 1.11 bits per heavy atom. The first kappa shape index (κ1) is 17.8. The highest BCUT2D eigenvalue weighted by Gasteiger charge is 2.22. The molecule has 4 aromatic rings. The van der Waals surface area contributed by atoms with Gasteiger partial charge in [0.25, 0.3) is 5.56 Å². The van der Waals surface area contributed by atoms with Crippen molar-refractivity contribution in [3.05, 3.63) is 84.9 Å². The molecular formula is C22H22N3OS2+. The Morgan fingerprint density at radius 3 is 2.79 bits per heavy atom. The van der Waals surface area contributed by atoms with E-state index in [1.54, 1.807) is 22.7 Å². The zero-order valence-electron chi connectivity index (χ0n) is 15.5. The van der Waals surface area contributed by atoms with Gasteiger partial charge >= 0.3 is 0 Å². The average molecular weight is 409 g/mol. The Morgan fingerprint density at radius 2 is 1.96 bits per heavy atom. The summed E-state index contributed by atoms with van der Waals surface area (Å²) in [6.07, 6.45) is 4.50. The quantitative estimate of drug-likeness (QED) is 0.528. The van der Waals surface area contributed by atoms with Crippen molar-refractivity contribution in [1.29, 1.82) is 0 Å². The van der Waals surface area contributed by atoms with E-state index in [2.05, 4.69) is 52.1 Å². The maximum Gasteiger partial charge on any atom is 0.260 e. The third-order valence-electron chi connectivity index (χ3n) is 5.43. The summed E-state index contributed by atoms with van der Waals surface area (Å²) in [6, 6.07) is 15.0. The van der Waals surface area contributed by atoms with Crippen LogP contribution in [0.2, 0.25) is 0 Å². The van der Waals surface area contributed by atoms with E-state index >= 15 is 0 Å². The molecule has 3 aromatic heterocycles. The number of rotatable bonds is 5. The van der Waals surface area contributed by atoms with Crippen molar-refractivity contribution in [2.75, 3.05) is 0 Å². The molecule has 0 saturated carbocycles. The number of aryl methyl sites for hydroxylation is 2. The van der Waals surface area contributed by atoms with Gasteiger partial charge in [-0.15, -0.1) is 22.7 Å². The highest BCUT2D eigenvalue weighted by Crippen LogP contribution is 2.33. The first-order chi connectivity index (χ1) is 13.8. The highest BCUT2D eigenvalue weighted by atomic mass is 32.1. The number of aromatic amines is 1. The SMILES string of the molecule is O=c1[nH]c(C[NH2+][C@@H](c2ccccc2)c2cccs2)nc2sc3c(c12)CCCC3. The molecule has 5 rings (SSSR count). The van der Waals surface area contributed by atoms with Gasteiger partial charge < -0.3 is 10.3 Å². The Hall–Kier alpha value is -2.28. The summed E-state index contributed by atoms with van der Waals surface area (Å²) in [7, 11) is 0. The van der Waals surface area contributed by atoms with E-state index in [4.69, 9.17) is 4.98 Å². The molecule has 0 aliphatic heterocycles. The normalized spacial score (nSPS) is 14.9. The van der Waals surface area contributed by atoms with Crippen molar-refractivity contribution < 1.29 is 5.32 Å². The van der Waals surface area contributed by atoms with Gasteiger partial charge in [-0.1, -0.05) is 36.4 Å². The molecule has 1 aliphatic rings. The third-order valence-corrected chi connectivity index (χ3v) is 7.57. The second-order valence-electron chi connectivity index (χ2n) is 7.25. The standard InChI is InChI=1S/C22H21N3OS2/c26-21-19-15-9-4-5-10-16(15)28-22(19)25-18(24-21)13-23-20(17-11-6-12-27-17)14-7-2-1-3-8-14/h1-3,6-8,11-12,20,23H,4-5,9-10,13H2,(H,24,25,26)/p+1/t20-/m0/s1. The van der Waals surface area contributed by atoms with Crippen LogP contribution in [0, 0.1) is 0 Å². The van der Waals surface area contributed by atoms with Crippen LogP contribution in [0.4, 0.5) is 0 Å². The van der Waals surface area contributed by atoms with Crippen LogP contribution >= 0.6 is 22.7 Å². The Balaban J connectivity index is 1.45. The number of hydrogen-bond donors (Lipinski definition) is 2. The van der Waals surface area contributed by atoms with Crippen LogP contribution in [0.3, 0.4) is 0 Å². The van der Waals surface area contributed by atoms with E-state index in [0.717, 1.165) is 28.9 Å². The second-order valence-corrected chi connectivity index (χ2v) is 9.31. The van der Waals surface area contributed by atoms with Gasteiger partial charge in [-0.2, -0.15) is 0 Å². The number of H-pyrrole nitrogens is 1. The van der Waals surface area contributed by atoms with Crippen molar-refractivity contribution in [2.24, 2.45) is 0 Å². The largest absolute Gasteiger partial charge is 0.329 e. The van der Waals surface area contributed by atoms with Crippen molar-refractivity contribution in [3.63, 3.8) is 0 Å². The van der Waals surface area contributed by atoms with Crippen LogP contribution in [-0.2, 0) is 19.4 Å². The molecule has 4 nitrogen and oxygen atoms in total. The number of aromatic nitrogens is 2. The predicted octanol–water partition coefficient (Wildman–Crippen LogP) is 3.78. The lowest BCUT2D eigenvalue weighted by molar-refractivity contribution is -0.702. The van der Waals surface area contributed by atoms with Crippen LogP contribution in [0.1, 0.15) is 45.6 Å². The molecule has 0 unspecified atom stereocenters. The number of thiophene rings is 2. The summed E-state index contributed by atoms with van der Waals surface area (Å²) in [5.41, 5.74) is 2.54. The monoisotopic (exact) mass is 408 g/mol. The number of nitrogens with one attached hydrogen (secondary N) is 1. The summed E-state index contributed by atoms with van der Waals surface area (Å²) >= 11 is 3.48. The van der Waals surface area contributed by atoms with E-state index in [0.29, 0.717) is 6.54 Å². The Bertz CT molecular complexity index is 1150. The van der Waals surface area contributed by atoms with E-state index in [1.165, 1.54) is 33.7 Å². The number of hydrogen-bond acceptors (Lipinski definition) is 4. The zero-order chi connectivity index (χ0) is 18.9. The van der Waals surface area contributed by atoms with E-state index in [1.807, 2.05) is 6.07 Å². The van der Waals surface area contributed by atoms with Gasteiger partial charge in [-0.3, -0.25) is 4.79 Å². The van der Waals surface area contributed by atoms with Crippen LogP contribution < -0.4 is 10.9 Å². The number of nitrogens with zero attached hydrogens (tertiary/aromatic N) is 1. The molecule has 0 amide bonds. The summed E-state index contributed by atoms with van der Waals surface area (Å²) in [4.78, 5) is 24.2. The molecule has 1 atom stereocenters. The van der Waals surface area contributed by atoms with Crippen molar-refractivity contribution in [3.8, 4) is 0 Å². The van der Waals surface area contributed by atoms with Gasteiger partial charge in [0, 0.05) is 10.4 Å². The fraction of sp³-hybridized carbons (Fsp3) is 0.273. The summed E-state index contributed by atoms with van der Waals surface area (Å²) in [6.45, 7) is 0.644. The van der Waals surface area contributed by atoms with Gasteiger partial charge in [0.05, 0.1) is 10.3 Å². The molecule has 28 heavy (non-hydrogen) atoms. The second kappa shape index (κ2) is 7.62. The van der Waals surface area contributed by atoms with Gasteiger partial charge in [-0.25, -0.2) is 4.98 Å². The van der Waals surface area contributed by atoms with E-state index in [-0.39, 0.29) is 11.6 Å². The van der Waals surface area contributed by atoms with Crippen molar-refractivity contribution in [1.82, 2.24) is 9.97 Å². The average Bonchev–Trinajstić information content (AvgIpc) is 3.37. The third kappa shape index (κ3) is 3.32. The van der Waals surface area contributed by atoms with Crippen LogP contribution in [0.25, 0.3) is 10.2 Å². The minimum absolute atomic E-state index is 0.0279. The fourth-order valence-electron chi connectivity index (χ4n) is 4.08. The fourth-order valence-corrected chi connectivity index (χ4v) is 6.21. The lowest BCUT2D eigenvalue weighted by Crippen LogP contribution is -2.84. The van der Waals surface area contributed by atoms with Gasteiger partial charge in [0.1, 0.15) is 17.4 Å². The van der Waals surface area contributed by atoms with E-state index in [9.17, 15) is 4.79 Å². The molecule has 6 heteroatoms. The van der Waals surface area contributed by atoms with Crippen molar-refractivity contribution >= 4 is 32.9 Å². The maximum absolute atomic E-state index is 12.8. The Kier molecular flexibility index (Phi) is 4.84. The van der Waals surface area contributed by atoms with Gasteiger partial charge in [-0.05, 0) is 42.7 Å². The highest BCUT2D eigenvalue weighted by molar-refractivity contribution is 7.18. The first-order valence-corrected chi connectivity index (χ1v) is 11.4. The lowest BCUT2D eigenvalue weighted by atomic mass is 9.97. The Labute approximate surface area is 171 Å². The number of fused-ring (bicyclic) bond motifs is 3. The molecule has 1 aliphatic carbocycles. The minimum Gasteiger partial charge on any atom is -0.329 e. The van der Waals surface area contributed by atoms with Crippen LogP contribution in [0.15, 0.2) is 52.6 Å². The molecular weight excluding hydrogens is 386 g/mol. The molecule has 142 valence electrons. The lowest BCUT2D eigenvalue weighted by Gasteiger charge is -2.14. The van der Waals surface area contributed by atoms with Gasteiger partial charge in [0.15, 0.2) is 5.82 Å². The summed E-state index contributed by atoms with van der Waals surface area (Å²) < 4.78 is 0. The van der Waals surface area contributed by atoms with Crippen LogP contribution in [0.5, 0.6) is 0 Å². The minimum atomic E-state index is 0.0279. The molecule has 3 N–H and O–H groups in total. The molecule has 0 radical (unpaired) electrons. The zero-order valence-corrected chi connectivity index (χ0v) is 17.1. The number of quaternary nitrogens is 1. The van der Waals surface area contributed by atoms with Gasteiger partial charge in [0.2, 0.25) is 0 Å². The smallest absolute Gasteiger partial charge is 0.260 e. The van der Waals surface area contributed by atoms with Crippen molar-refractivity contribution in [2.45, 2.75) is 38.3 Å². The molecule has 0 bridgehead atoms. The molecule has 0 spiro atoms. The number of benzene rings is 1. The number of nitrogens with two attached hydrogens (primary N) is 1. The maximum atomic E-state index is 12.8. The van der Waals surface area contributed by atoms with E-state index < -0.39 is 0 Å². The molecule has 1 aromatic carbocycles. The first-order valence-electron chi connectivity index (χ1n) is 9.75.